The van der Waals surface area contributed by atoms with Gasteiger partial charge in [-0.05, 0) is 6.07 Å². The maximum atomic E-state index is 12.0. The molecule has 0 bridgehead atoms. The van der Waals surface area contributed by atoms with Gasteiger partial charge in [0, 0.05) is 18.6 Å². The van der Waals surface area contributed by atoms with Gasteiger partial charge in [0.1, 0.15) is 5.75 Å². The molecule has 84 valence electrons. The van der Waals surface area contributed by atoms with Gasteiger partial charge in [-0.3, -0.25) is 0 Å². The van der Waals surface area contributed by atoms with E-state index in [2.05, 4.69) is 4.74 Å². The predicted molar refractivity (Wildman–Crippen MR) is 49.7 cm³/mol. The molecular weight excluding hydrogens is 206 g/mol. The Morgan fingerprint density at radius 3 is 2.53 bits per heavy atom. The minimum atomic E-state index is -2.92. The van der Waals surface area contributed by atoms with Crippen LogP contribution in [-0.2, 0) is 0 Å². The van der Waals surface area contributed by atoms with Crippen molar-refractivity contribution in [1.29, 1.82) is 0 Å². The van der Waals surface area contributed by atoms with Crippen LogP contribution in [-0.4, -0.2) is 23.4 Å². The van der Waals surface area contributed by atoms with E-state index in [-0.39, 0.29) is 24.3 Å². The maximum absolute atomic E-state index is 12.0. The van der Waals surface area contributed by atoms with Crippen LogP contribution in [0, 0.1) is 0 Å². The summed E-state index contributed by atoms with van der Waals surface area (Å²) >= 11 is 0. The molecule has 0 aliphatic heterocycles. The van der Waals surface area contributed by atoms with Crippen molar-refractivity contribution in [3.8, 4) is 5.75 Å². The van der Waals surface area contributed by atoms with Gasteiger partial charge in [-0.2, -0.15) is 8.78 Å². The molecule has 0 amide bonds. The average molecular weight is 218 g/mol. The fourth-order valence-electron chi connectivity index (χ4n) is 1.24. The number of hydrogen-bond donors (Lipinski definition) is 2. The van der Waals surface area contributed by atoms with E-state index in [4.69, 9.17) is 5.11 Å². The van der Waals surface area contributed by atoms with Crippen LogP contribution in [0.25, 0.3) is 0 Å². The number of rotatable bonds is 5. The minimum absolute atomic E-state index is 0.0616. The Hall–Kier alpha value is -1.20. The Balaban J connectivity index is 2.85. The first-order valence-corrected chi connectivity index (χ1v) is 4.47. The fraction of sp³-hybridized carbons (Fsp3) is 0.400. The Labute approximate surface area is 85.9 Å². The molecule has 0 heterocycles. The first kappa shape index (κ1) is 11.9. The highest BCUT2D eigenvalue weighted by Crippen LogP contribution is 2.27. The number of benzene rings is 1. The molecule has 0 aliphatic carbocycles. The lowest BCUT2D eigenvalue weighted by Crippen LogP contribution is -2.07. The lowest BCUT2D eigenvalue weighted by Gasteiger charge is -2.14. The van der Waals surface area contributed by atoms with Crippen LogP contribution in [0.5, 0.6) is 5.75 Å². The number of halogens is 2. The number of aliphatic hydroxyl groups excluding tert-OH is 2. The Bertz CT molecular complexity index is 304. The Kier molecular flexibility index (Phi) is 4.45. The summed E-state index contributed by atoms with van der Waals surface area (Å²) in [6.07, 6.45) is -0.909. The van der Waals surface area contributed by atoms with Crippen molar-refractivity contribution < 1.29 is 23.7 Å². The van der Waals surface area contributed by atoms with Crippen LogP contribution in [0.4, 0.5) is 8.78 Å². The van der Waals surface area contributed by atoms with Gasteiger partial charge < -0.3 is 14.9 Å². The van der Waals surface area contributed by atoms with Crippen molar-refractivity contribution in [1.82, 2.24) is 0 Å². The number of ether oxygens (including phenoxy) is 1. The summed E-state index contributed by atoms with van der Waals surface area (Å²) in [5.74, 6) is -0.0616. The van der Waals surface area contributed by atoms with Gasteiger partial charge in [-0.15, -0.1) is 0 Å². The smallest absolute Gasteiger partial charge is 0.387 e. The van der Waals surface area contributed by atoms with Crippen LogP contribution in [0.3, 0.4) is 0 Å². The van der Waals surface area contributed by atoms with Crippen LogP contribution < -0.4 is 4.74 Å². The van der Waals surface area contributed by atoms with Crippen LogP contribution in [0.1, 0.15) is 18.1 Å². The summed E-state index contributed by atoms with van der Waals surface area (Å²) in [4.78, 5) is 0. The molecule has 1 unspecified atom stereocenters. The van der Waals surface area contributed by atoms with E-state index in [1.807, 2.05) is 0 Å². The highest BCUT2D eigenvalue weighted by molar-refractivity contribution is 5.35. The van der Waals surface area contributed by atoms with Crippen LogP contribution in [0.15, 0.2) is 24.3 Å². The molecule has 0 aromatic heterocycles. The fourth-order valence-corrected chi connectivity index (χ4v) is 1.24. The Morgan fingerprint density at radius 2 is 1.93 bits per heavy atom. The summed E-state index contributed by atoms with van der Waals surface area (Å²) in [7, 11) is 0. The number of aliphatic hydroxyl groups is 2. The first-order chi connectivity index (χ1) is 7.15. The molecule has 1 rings (SSSR count). The summed E-state index contributed by atoms with van der Waals surface area (Å²) in [5, 5.41) is 18.2. The SMILES string of the molecule is OCCC(O)c1ccccc1OC(F)F. The van der Waals surface area contributed by atoms with Gasteiger partial charge >= 0.3 is 6.61 Å². The number of alkyl halides is 2. The molecular formula is C10H12F2O3. The van der Waals surface area contributed by atoms with Gasteiger partial charge in [0.05, 0.1) is 6.10 Å². The summed E-state index contributed by atoms with van der Waals surface area (Å²) < 4.78 is 28.2. The lowest BCUT2D eigenvalue weighted by molar-refractivity contribution is -0.0517. The van der Waals surface area contributed by atoms with E-state index in [0.29, 0.717) is 0 Å². The van der Waals surface area contributed by atoms with Crippen LogP contribution in [0.2, 0.25) is 0 Å². The lowest BCUT2D eigenvalue weighted by atomic mass is 10.1. The van der Waals surface area contributed by atoms with E-state index in [0.717, 1.165) is 0 Å². The van der Waals surface area contributed by atoms with Gasteiger partial charge in [0.2, 0.25) is 0 Å². The number of hydrogen-bond acceptors (Lipinski definition) is 3. The molecule has 1 aromatic carbocycles. The third-order valence-electron chi connectivity index (χ3n) is 1.90. The van der Waals surface area contributed by atoms with E-state index < -0.39 is 12.7 Å². The third-order valence-corrected chi connectivity index (χ3v) is 1.90. The first-order valence-electron chi connectivity index (χ1n) is 4.47. The monoisotopic (exact) mass is 218 g/mol. The van der Waals surface area contributed by atoms with E-state index in [9.17, 15) is 13.9 Å². The average Bonchev–Trinajstić information content (AvgIpc) is 2.18. The molecule has 0 radical (unpaired) electrons. The highest BCUT2D eigenvalue weighted by Gasteiger charge is 2.15. The molecule has 0 fully saturated rings. The van der Waals surface area contributed by atoms with E-state index in [1.165, 1.54) is 18.2 Å². The van der Waals surface area contributed by atoms with Crippen molar-refractivity contribution in [2.75, 3.05) is 6.61 Å². The second-order valence-electron chi connectivity index (χ2n) is 2.94. The quantitative estimate of drug-likeness (QED) is 0.790. The second kappa shape index (κ2) is 5.63. The Morgan fingerprint density at radius 1 is 1.27 bits per heavy atom. The summed E-state index contributed by atoms with van der Waals surface area (Å²) in [5.41, 5.74) is 0.256. The molecule has 0 spiro atoms. The predicted octanol–water partition coefficient (Wildman–Crippen LogP) is 1.70. The molecule has 1 atom stereocenters. The molecule has 5 heteroatoms. The van der Waals surface area contributed by atoms with Gasteiger partial charge in [-0.1, -0.05) is 18.2 Å². The normalized spacial score (nSPS) is 12.9. The van der Waals surface area contributed by atoms with Gasteiger partial charge in [0.25, 0.3) is 0 Å². The highest BCUT2D eigenvalue weighted by atomic mass is 19.3. The molecule has 0 aliphatic rings. The topological polar surface area (TPSA) is 49.7 Å². The number of para-hydroxylation sites is 1. The molecule has 2 N–H and O–H groups in total. The maximum Gasteiger partial charge on any atom is 0.387 e. The second-order valence-corrected chi connectivity index (χ2v) is 2.94. The summed E-state index contributed by atoms with van der Waals surface area (Å²) in [6.45, 7) is -3.14. The molecule has 15 heavy (non-hydrogen) atoms. The van der Waals surface area contributed by atoms with Crippen molar-refractivity contribution in [2.24, 2.45) is 0 Å². The van der Waals surface area contributed by atoms with E-state index >= 15 is 0 Å². The zero-order valence-electron chi connectivity index (χ0n) is 7.94. The molecule has 1 aromatic rings. The van der Waals surface area contributed by atoms with Crippen molar-refractivity contribution in [2.45, 2.75) is 19.1 Å². The zero-order valence-corrected chi connectivity index (χ0v) is 7.94. The largest absolute Gasteiger partial charge is 0.434 e. The standard InChI is InChI=1S/C10H12F2O3/c11-10(12)15-9-4-2-1-3-7(9)8(14)5-6-13/h1-4,8,10,13-14H,5-6H2. The van der Waals surface area contributed by atoms with Crippen LogP contribution >= 0.6 is 0 Å². The van der Waals surface area contributed by atoms with Crippen molar-refractivity contribution >= 4 is 0 Å². The summed E-state index contributed by atoms with van der Waals surface area (Å²) in [6, 6.07) is 5.97. The van der Waals surface area contributed by atoms with Crippen molar-refractivity contribution in [3.05, 3.63) is 29.8 Å². The van der Waals surface area contributed by atoms with E-state index in [1.54, 1.807) is 6.07 Å². The zero-order chi connectivity index (χ0) is 11.3. The molecule has 0 saturated carbocycles. The third kappa shape index (κ3) is 3.45. The minimum Gasteiger partial charge on any atom is -0.434 e. The van der Waals surface area contributed by atoms with Crippen molar-refractivity contribution in [3.63, 3.8) is 0 Å². The van der Waals surface area contributed by atoms with Gasteiger partial charge in [-0.25, -0.2) is 0 Å². The molecule has 0 saturated heterocycles. The molecule has 3 nitrogen and oxygen atoms in total. The van der Waals surface area contributed by atoms with Gasteiger partial charge in [0.15, 0.2) is 0 Å².